The van der Waals surface area contributed by atoms with Gasteiger partial charge in [-0.05, 0) is 72.0 Å². The lowest BCUT2D eigenvalue weighted by Crippen LogP contribution is -2.32. The van der Waals surface area contributed by atoms with Gasteiger partial charge in [-0.25, -0.2) is 0 Å². The number of nitrogen functional groups attached to an aromatic ring is 1. The van der Waals surface area contributed by atoms with Gasteiger partial charge in [0.1, 0.15) is 0 Å². The molecule has 0 radical (unpaired) electrons. The van der Waals surface area contributed by atoms with Crippen LogP contribution < -0.4 is 20.5 Å². The summed E-state index contributed by atoms with van der Waals surface area (Å²) in [5.74, 6) is 0.916. The molecule has 0 saturated carbocycles. The van der Waals surface area contributed by atoms with Gasteiger partial charge < -0.3 is 20.5 Å². The van der Waals surface area contributed by atoms with Crippen LogP contribution in [-0.2, 0) is 25.6 Å². The first-order valence-corrected chi connectivity index (χ1v) is 11.5. The smallest absolute Gasteiger partial charge is 0.416 e. The lowest BCUT2D eigenvalue weighted by molar-refractivity contribution is -0.137. The molecule has 3 N–H and O–H groups in total. The molecule has 0 spiro atoms. The predicted molar refractivity (Wildman–Crippen MR) is 132 cm³/mol. The number of amides is 1. The zero-order valence-corrected chi connectivity index (χ0v) is 20.1. The first kappa shape index (κ1) is 25.4. The number of methoxy groups -OCH3 is 2. The largest absolute Gasteiger partial charge is 0.493 e. The van der Waals surface area contributed by atoms with Gasteiger partial charge in [0.15, 0.2) is 11.5 Å². The van der Waals surface area contributed by atoms with Crippen molar-refractivity contribution in [1.29, 1.82) is 0 Å². The van der Waals surface area contributed by atoms with E-state index in [9.17, 15) is 18.0 Å². The van der Waals surface area contributed by atoms with Crippen molar-refractivity contribution in [3.05, 3.63) is 82.4 Å². The number of ether oxygens (including phenoxy) is 2. The van der Waals surface area contributed by atoms with Crippen LogP contribution in [0.25, 0.3) is 0 Å². The van der Waals surface area contributed by atoms with Gasteiger partial charge in [-0.1, -0.05) is 12.1 Å². The van der Waals surface area contributed by atoms with E-state index in [-0.39, 0.29) is 11.3 Å². The zero-order valence-electron chi connectivity index (χ0n) is 20.1. The van der Waals surface area contributed by atoms with Crippen molar-refractivity contribution in [3.63, 3.8) is 0 Å². The number of hydrogen-bond donors (Lipinski definition) is 2. The van der Waals surface area contributed by atoms with Crippen molar-refractivity contribution in [3.8, 4) is 11.5 Å². The van der Waals surface area contributed by atoms with Gasteiger partial charge in [0.05, 0.1) is 25.3 Å². The van der Waals surface area contributed by atoms with E-state index in [2.05, 4.69) is 16.3 Å². The Balaban J connectivity index is 1.33. The first-order chi connectivity index (χ1) is 17.2. The number of nitrogens with two attached hydrogens (primary N) is 1. The van der Waals surface area contributed by atoms with Gasteiger partial charge in [-0.3, -0.25) is 9.69 Å². The van der Waals surface area contributed by atoms with Crippen LogP contribution in [0.4, 0.5) is 24.5 Å². The summed E-state index contributed by atoms with van der Waals surface area (Å²) in [6.07, 6.45) is -2.74. The minimum absolute atomic E-state index is 0.00768. The molecule has 0 fully saturated rings. The Hall–Kier alpha value is -3.72. The molecule has 4 rings (SSSR count). The summed E-state index contributed by atoms with van der Waals surface area (Å²) in [5, 5.41) is 2.69. The molecule has 0 bridgehead atoms. The lowest BCUT2D eigenvalue weighted by atomic mass is 9.98. The highest BCUT2D eigenvalue weighted by atomic mass is 19.4. The highest BCUT2D eigenvalue weighted by molar-refractivity contribution is 6.07. The van der Waals surface area contributed by atoms with Gasteiger partial charge in [-0.15, -0.1) is 0 Å². The van der Waals surface area contributed by atoms with Crippen LogP contribution in [-0.4, -0.2) is 38.1 Å². The second-order valence-corrected chi connectivity index (χ2v) is 8.70. The maximum absolute atomic E-state index is 12.8. The fourth-order valence-corrected chi connectivity index (χ4v) is 4.32. The molecule has 1 amide bonds. The number of carbonyl (C=O) groups excluding carboxylic acids is 1. The number of nitrogens with one attached hydrogen (secondary N) is 1. The minimum Gasteiger partial charge on any atom is -0.493 e. The van der Waals surface area contributed by atoms with Crippen molar-refractivity contribution in [2.45, 2.75) is 25.6 Å². The monoisotopic (exact) mass is 499 g/mol. The number of benzene rings is 3. The number of halogens is 3. The van der Waals surface area contributed by atoms with Crippen molar-refractivity contribution in [2.75, 3.05) is 38.4 Å². The van der Waals surface area contributed by atoms with Gasteiger partial charge >= 0.3 is 6.18 Å². The Labute approximate surface area is 207 Å². The zero-order chi connectivity index (χ0) is 25.9. The highest BCUT2D eigenvalue weighted by Gasteiger charge is 2.31. The highest BCUT2D eigenvalue weighted by Crippen LogP contribution is 2.33. The third-order valence-electron chi connectivity index (χ3n) is 6.35. The van der Waals surface area contributed by atoms with Crippen LogP contribution in [0.2, 0.25) is 0 Å². The van der Waals surface area contributed by atoms with Crippen LogP contribution in [0, 0.1) is 0 Å². The summed E-state index contributed by atoms with van der Waals surface area (Å²) in [7, 11) is 3.27. The normalized spacial score (nSPS) is 13.7. The number of fused-ring (bicyclic) bond motifs is 1. The van der Waals surface area contributed by atoms with Gasteiger partial charge in [0.2, 0.25) is 0 Å². The summed E-state index contributed by atoms with van der Waals surface area (Å²) in [4.78, 5) is 14.9. The average molecular weight is 500 g/mol. The molecule has 9 heteroatoms. The molecule has 1 aliphatic rings. The van der Waals surface area contributed by atoms with E-state index < -0.39 is 17.6 Å². The molecule has 3 aromatic rings. The quantitative estimate of drug-likeness (QED) is 0.440. The van der Waals surface area contributed by atoms with Gasteiger partial charge in [0, 0.05) is 31.0 Å². The molecular formula is C27H28F3N3O3. The first-order valence-electron chi connectivity index (χ1n) is 11.5. The number of alkyl halides is 3. The Morgan fingerprint density at radius 1 is 1.00 bits per heavy atom. The van der Waals surface area contributed by atoms with Crippen molar-refractivity contribution < 1.29 is 27.4 Å². The fraction of sp³-hybridized carbons (Fsp3) is 0.296. The molecule has 1 heterocycles. The minimum atomic E-state index is -4.52. The van der Waals surface area contributed by atoms with E-state index in [1.807, 2.05) is 18.2 Å². The standard InChI is InChI=1S/C27H28F3N3O3/c1-35-24-13-18-10-12-33(16-19(18)14-25(24)36-2)11-9-17-3-6-21(7-4-17)32-26(34)22-8-5-20(15-23(22)31)27(28,29)30/h3-8,13-15H,9-12,16,31H2,1-2H3,(H,32,34). The number of nitrogens with zero attached hydrogens (tertiary/aromatic N) is 1. The predicted octanol–water partition coefficient (Wildman–Crippen LogP) is 5.16. The number of hydrogen-bond acceptors (Lipinski definition) is 5. The summed E-state index contributed by atoms with van der Waals surface area (Å²) in [6, 6.07) is 14.2. The average Bonchev–Trinajstić information content (AvgIpc) is 2.86. The molecule has 0 unspecified atom stereocenters. The van der Waals surface area contributed by atoms with Crippen molar-refractivity contribution in [1.82, 2.24) is 4.90 Å². The summed E-state index contributed by atoms with van der Waals surface area (Å²) in [5.41, 5.74) is 8.73. The molecule has 0 saturated heterocycles. The van der Waals surface area contributed by atoms with Crippen molar-refractivity contribution in [2.24, 2.45) is 0 Å². The molecule has 6 nitrogen and oxygen atoms in total. The third kappa shape index (κ3) is 5.73. The van der Waals surface area contributed by atoms with Crippen molar-refractivity contribution >= 4 is 17.3 Å². The Morgan fingerprint density at radius 3 is 2.28 bits per heavy atom. The molecule has 3 aromatic carbocycles. The van der Waals surface area contributed by atoms with Crippen LogP contribution in [0.3, 0.4) is 0 Å². The van der Waals surface area contributed by atoms with E-state index >= 15 is 0 Å². The molecule has 0 aliphatic carbocycles. The van der Waals surface area contributed by atoms with E-state index in [0.29, 0.717) is 5.69 Å². The van der Waals surface area contributed by atoms with E-state index in [1.165, 1.54) is 11.1 Å². The second kappa shape index (κ2) is 10.5. The van der Waals surface area contributed by atoms with Crippen LogP contribution in [0.1, 0.15) is 32.6 Å². The van der Waals surface area contributed by atoms with E-state index in [4.69, 9.17) is 15.2 Å². The maximum Gasteiger partial charge on any atom is 0.416 e. The summed E-state index contributed by atoms with van der Waals surface area (Å²) >= 11 is 0. The molecular weight excluding hydrogens is 471 g/mol. The Kier molecular flexibility index (Phi) is 7.40. The molecule has 36 heavy (non-hydrogen) atoms. The Morgan fingerprint density at radius 2 is 1.67 bits per heavy atom. The second-order valence-electron chi connectivity index (χ2n) is 8.70. The fourth-order valence-electron chi connectivity index (χ4n) is 4.32. The van der Waals surface area contributed by atoms with Gasteiger partial charge in [0.25, 0.3) is 5.91 Å². The molecule has 190 valence electrons. The van der Waals surface area contributed by atoms with Crippen LogP contribution in [0.5, 0.6) is 11.5 Å². The van der Waals surface area contributed by atoms with E-state index in [0.717, 1.165) is 67.7 Å². The molecule has 1 aliphatic heterocycles. The molecule has 0 aromatic heterocycles. The number of carbonyl (C=O) groups is 1. The Bertz CT molecular complexity index is 1240. The number of rotatable bonds is 7. The summed E-state index contributed by atoms with van der Waals surface area (Å²) < 4.78 is 49.3. The topological polar surface area (TPSA) is 76.8 Å². The van der Waals surface area contributed by atoms with Crippen LogP contribution >= 0.6 is 0 Å². The van der Waals surface area contributed by atoms with Gasteiger partial charge in [-0.2, -0.15) is 13.2 Å². The number of anilines is 2. The van der Waals surface area contributed by atoms with Crippen LogP contribution in [0.15, 0.2) is 54.6 Å². The SMILES string of the molecule is COc1cc2c(cc1OC)CN(CCc1ccc(NC(=O)c3ccc(C(F)(F)F)cc3N)cc1)CC2. The molecule has 0 atom stereocenters. The van der Waals surface area contributed by atoms with E-state index in [1.54, 1.807) is 26.4 Å². The summed E-state index contributed by atoms with van der Waals surface area (Å²) in [6.45, 7) is 2.66. The lowest BCUT2D eigenvalue weighted by Gasteiger charge is -2.29. The maximum atomic E-state index is 12.8. The third-order valence-corrected chi connectivity index (χ3v) is 6.35.